The highest BCUT2D eigenvalue weighted by molar-refractivity contribution is 5.73. The molecule has 1 aromatic carbocycles. The molecule has 0 radical (unpaired) electrons. The first kappa shape index (κ1) is 25.5. The molecule has 6 heteroatoms. The van der Waals surface area contributed by atoms with E-state index in [1.807, 2.05) is 72.7 Å². The number of nitrogens with zero attached hydrogens (tertiary/aromatic N) is 2. The molecule has 1 amide bonds. The summed E-state index contributed by atoms with van der Waals surface area (Å²) in [5, 5.41) is 9.80. The Morgan fingerprint density at radius 3 is 2.06 bits per heavy atom. The van der Waals surface area contributed by atoms with Crippen LogP contribution in [0.15, 0.2) is 30.3 Å². The minimum atomic E-state index is -0.774. The zero-order valence-corrected chi connectivity index (χ0v) is 20.4. The van der Waals surface area contributed by atoms with Gasteiger partial charge in [-0.2, -0.15) is 5.26 Å². The summed E-state index contributed by atoms with van der Waals surface area (Å²) >= 11 is 0. The van der Waals surface area contributed by atoms with Crippen LogP contribution < -0.4 is 0 Å². The molecule has 0 aliphatic carbocycles. The Bertz CT molecular complexity index is 898. The Hall–Kier alpha value is -2.81. The smallest absolute Gasteiger partial charge is 0.410 e. The lowest BCUT2D eigenvalue weighted by molar-refractivity contribution is -0.155. The van der Waals surface area contributed by atoms with E-state index in [0.29, 0.717) is 19.5 Å². The number of hydrogen-bond acceptors (Lipinski definition) is 5. The van der Waals surface area contributed by atoms with Crippen LogP contribution in [-0.4, -0.2) is 41.3 Å². The summed E-state index contributed by atoms with van der Waals surface area (Å²) in [6.07, 6.45) is 3.08. The van der Waals surface area contributed by atoms with Crippen LogP contribution in [0.25, 0.3) is 5.57 Å². The van der Waals surface area contributed by atoms with Crippen molar-refractivity contribution in [1.29, 1.82) is 5.26 Å². The molecule has 0 spiro atoms. The number of carbonyl (C=O) groups is 2. The maximum absolute atomic E-state index is 12.2. The molecule has 1 atom stereocenters. The first-order valence-corrected chi connectivity index (χ1v) is 11.1. The Morgan fingerprint density at radius 1 is 1.00 bits per heavy atom. The van der Waals surface area contributed by atoms with E-state index >= 15 is 0 Å². The Balaban J connectivity index is 2.03. The molecule has 0 saturated carbocycles. The number of ether oxygens (including phenoxy) is 2. The van der Waals surface area contributed by atoms with Crippen molar-refractivity contribution in [2.45, 2.75) is 84.3 Å². The second-order valence-electron chi connectivity index (χ2n) is 10.5. The van der Waals surface area contributed by atoms with E-state index in [9.17, 15) is 14.9 Å². The highest BCUT2D eigenvalue weighted by Crippen LogP contribution is 2.31. The fourth-order valence-corrected chi connectivity index (χ4v) is 3.49. The third kappa shape index (κ3) is 7.40. The summed E-state index contributed by atoms with van der Waals surface area (Å²) in [5.74, 6) is -0.294. The number of carbonyl (C=O) groups excluding carboxylic acids is 2. The van der Waals surface area contributed by atoms with Gasteiger partial charge < -0.3 is 14.4 Å². The third-order valence-corrected chi connectivity index (χ3v) is 5.25. The summed E-state index contributed by atoms with van der Waals surface area (Å²) < 4.78 is 10.8. The van der Waals surface area contributed by atoms with Crippen LogP contribution in [0.1, 0.15) is 78.9 Å². The van der Waals surface area contributed by atoms with E-state index < -0.39 is 16.6 Å². The van der Waals surface area contributed by atoms with E-state index in [4.69, 9.17) is 9.47 Å². The van der Waals surface area contributed by atoms with Crippen LogP contribution in [0.4, 0.5) is 4.79 Å². The maximum atomic E-state index is 12.2. The number of amides is 1. The minimum absolute atomic E-state index is 0.189. The standard InChI is InChI=1S/C26H36N2O4/c1-24(2,3)31-22(29)12-15-26(7,18-27)21-10-8-19(9-11-21)20-13-16-28(17-14-20)23(30)32-25(4,5)6/h8-11,13H,12,14-17H2,1-7H3/t26-/m0/s1. The van der Waals surface area contributed by atoms with Crippen molar-refractivity contribution in [2.24, 2.45) is 0 Å². The molecule has 1 heterocycles. The zero-order valence-electron chi connectivity index (χ0n) is 20.4. The Morgan fingerprint density at radius 2 is 1.59 bits per heavy atom. The van der Waals surface area contributed by atoms with Gasteiger partial charge in [0, 0.05) is 19.5 Å². The van der Waals surface area contributed by atoms with Gasteiger partial charge in [-0.1, -0.05) is 30.3 Å². The van der Waals surface area contributed by atoms with Crippen LogP contribution in [-0.2, 0) is 19.7 Å². The number of esters is 1. The average Bonchev–Trinajstić information content (AvgIpc) is 2.70. The van der Waals surface area contributed by atoms with Gasteiger partial charge in [0.2, 0.25) is 0 Å². The summed E-state index contributed by atoms with van der Waals surface area (Å²) in [7, 11) is 0. The molecule has 32 heavy (non-hydrogen) atoms. The van der Waals surface area contributed by atoms with Crippen molar-refractivity contribution in [2.75, 3.05) is 13.1 Å². The molecule has 0 bridgehead atoms. The SMILES string of the molecule is CC(C)(C)OC(=O)CC[C@@](C)(C#N)c1ccc(C2=CCN(C(=O)OC(C)(C)C)CC2)cc1. The van der Waals surface area contributed by atoms with Crippen LogP contribution >= 0.6 is 0 Å². The maximum Gasteiger partial charge on any atom is 0.410 e. The second-order valence-corrected chi connectivity index (χ2v) is 10.5. The van der Waals surface area contributed by atoms with E-state index in [1.165, 1.54) is 5.57 Å². The zero-order chi connectivity index (χ0) is 24.2. The molecule has 0 unspecified atom stereocenters. The first-order chi connectivity index (χ1) is 14.7. The molecule has 0 N–H and O–H groups in total. The topological polar surface area (TPSA) is 79.6 Å². The quantitative estimate of drug-likeness (QED) is 0.556. The van der Waals surface area contributed by atoms with Crippen molar-refractivity contribution in [3.63, 3.8) is 0 Å². The van der Waals surface area contributed by atoms with Gasteiger partial charge in [-0.05, 0) is 78.0 Å². The number of hydrogen-bond donors (Lipinski definition) is 0. The molecular weight excluding hydrogens is 404 g/mol. The largest absolute Gasteiger partial charge is 0.460 e. The van der Waals surface area contributed by atoms with Gasteiger partial charge in [-0.25, -0.2) is 4.79 Å². The van der Waals surface area contributed by atoms with Gasteiger partial charge in [-0.15, -0.1) is 0 Å². The molecule has 0 fully saturated rings. The number of benzene rings is 1. The fourth-order valence-electron chi connectivity index (χ4n) is 3.49. The van der Waals surface area contributed by atoms with Crippen LogP contribution in [0, 0.1) is 11.3 Å². The lowest BCUT2D eigenvalue weighted by Crippen LogP contribution is -2.39. The highest BCUT2D eigenvalue weighted by atomic mass is 16.6. The van der Waals surface area contributed by atoms with Crippen LogP contribution in [0.3, 0.4) is 0 Å². The van der Waals surface area contributed by atoms with Gasteiger partial charge >= 0.3 is 12.1 Å². The summed E-state index contributed by atoms with van der Waals surface area (Å²) in [6.45, 7) is 14.1. The molecular formula is C26H36N2O4. The predicted molar refractivity (Wildman–Crippen MR) is 125 cm³/mol. The van der Waals surface area contributed by atoms with Crippen LogP contribution in [0.5, 0.6) is 0 Å². The van der Waals surface area contributed by atoms with E-state index in [0.717, 1.165) is 17.5 Å². The van der Waals surface area contributed by atoms with E-state index in [2.05, 4.69) is 12.1 Å². The molecule has 1 aromatic rings. The summed E-state index contributed by atoms with van der Waals surface area (Å²) in [6, 6.07) is 10.3. The van der Waals surface area contributed by atoms with Crippen molar-refractivity contribution >= 4 is 17.6 Å². The van der Waals surface area contributed by atoms with Crippen molar-refractivity contribution in [1.82, 2.24) is 4.90 Å². The monoisotopic (exact) mass is 440 g/mol. The van der Waals surface area contributed by atoms with Crippen molar-refractivity contribution in [3.8, 4) is 6.07 Å². The number of nitriles is 1. The molecule has 1 aliphatic rings. The molecule has 2 rings (SSSR count). The Labute approximate surface area is 192 Å². The fraction of sp³-hybridized carbons (Fsp3) is 0.577. The highest BCUT2D eigenvalue weighted by Gasteiger charge is 2.29. The lowest BCUT2D eigenvalue weighted by atomic mass is 9.79. The first-order valence-electron chi connectivity index (χ1n) is 11.1. The van der Waals surface area contributed by atoms with Gasteiger partial charge in [0.15, 0.2) is 0 Å². The van der Waals surface area contributed by atoms with E-state index in [-0.39, 0.29) is 18.5 Å². The molecule has 0 saturated heterocycles. The van der Waals surface area contributed by atoms with Crippen molar-refractivity contribution in [3.05, 3.63) is 41.5 Å². The second kappa shape index (κ2) is 9.77. The van der Waals surface area contributed by atoms with Crippen molar-refractivity contribution < 1.29 is 19.1 Å². The van der Waals surface area contributed by atoms with E-state index in [1.54, 1.807) is 4.90 Å². The lowest BCUT2D eigenvalue weighted by Gasteiger charge is -2.30. The van der Waals surface area contributed by atoms with Crippen LogP contribution in [0.2, 0.25) is 0 Å². The van der Waals surface area contributed by atoms with Gasteiger partial charge in [-0.3, -0.25) is 4.79 Å². The molecule has 0 aromatic heterocycles. The van der Waals surface area contributed by atoms with Gasteiger partial charge in [0.1, 0.15) is 11.2 Å². The Kier molecular flexibility index (Phi) is 7.77. The average molecular weight is 441 g/mol. The number of rotatable bonds is 5. The summed E-state index contributed by atoms with van der Waals surface area (Å²) in [5.41, 5.74) is 1.31. The minimum Gasteiger partial charge on any atom is -0.460 e. The molecule has 1 aliphatic heterocycles. The predicted octanol–water partition coefficient (Wildman–Crippen LogP) is 5.61. The summed E-state index contributed by atoms with van der Waals surface area (Å²) in [4.78, 5) is 26.0. The third-order valence-electron chi connectivity index (χ3n) is 5.25. The molecule has 6 nitrogen and oxygen atoms in total. The molecule has 174 valence electrons. The normalized spacial score (nSPS) is 16.4. The van der Waals surface area contributed by atoms with Gasteiger partial charge in [0.05, 0.1) is 11.5 Å². The van der Waals surface area contributed by atoms with Gasteiger partial charge in [0.25, 0.3) is 0 Å².